The SMILES string of the molecule is CN=C(NCc1ccc(NC(=O)c2ccco2)cc1)NCc1ccc(N2CCCC2=O)cc1. The van der Waals surface area contributed by atoms with Gasteiger partial charge in [-0.05, 0) is 53.9 Å². The Balaban J connectivity index is 1.24. The first-order valence-corrected chi connectivity index (χ1v) is 10.9. The zero-order chi connectivity index (χ0) is 23.0. The highest BCUT2D eigenvalue weighted by Gasteiger charge is 2.21. The van der Waals surface area contributed by atoms with Gasteiger partial charge in [0.1, 0.15) is 0 Å². The highest BCUT2D eigenvalue weighted by atomic mass is 16.3. The number of benzene rings is 2. The van der Waals surface area contributed by atoms with E-state index in [2.05, 4.69) is 20.9 Å². The molecule has 0 bridgehead atoms. The number of guanidine groups is 1. The average Bonchev–Trinajstić information content (AvgIpc) is 3.53. The Bertz CT molecular complexity index is 1110. The minimum atomic E-state index is -0.282. The first-order valence-electron chi connectivity index (χ1n) is 10.9. The second kappa shape index (κ2) is 10.5. The minimum absolute atomic E-state index is 0.193. The molecule has 2 aromatic carbocycles. The van der Waals surface area contributed by atoms with Crippen LogP contribution in [0.15, 0.2) is 76.3 Å². The molecule has 33 heavy (non-hydrogen) atoms. The van der Waals surface area contributed by atoms with Gasteiger partial charge >= 0.3 is 0 Å². The van der Waals surface area contributed by atoms with Crippen molar-refractivity contribution in [1.29, 1.82) is 0 Å². The van der Waals surface area contributed by atoms with Gasteiger partial charge in [0.25, 0.3) is 5.91 Å². The molecule has 0 unspecified atom stereocenters. The molecule has 4 rings (SSSR count). The molecule has 3 aromatic rings. The van der Waals surface area contributed by atoms with Crippen LogP contribution in [-0.4, -0.2) is 31.4 Å². The summed E-state index contributed by atoms with van der Waals surface area (Å²) in [5.41, 5.74) is 3.80. The predicted octanol–water partition coefficient (Wildman–Crippen LogP) is 3.52. The Morgan fingerprint density at radius 2 is 1.67 bits per heavy atom. The van der Waals surface area contributed by atoms with Gasteiger partial charge in [-0.15, -0.1) is 0 Å². The largest absolute Gasteiger partial charge is 0.459 e. The fraction of sp³-hybridized carbons (Fsp3) is 0.240. The number of carbonyl (C=O) groups is 2. The number of furan rings is 1. The van der Waals surface area contributed by atoms with Crippen molar-refractivity contribution in [1.82, 2.24) is 10.6 Å². The van der Waals surface area contributed by atoms with Crippen LogP contribution in [0.25, 0.3) is 0 Å². The normalized spacial score (nSPS) is 13.8. The van der Waals surface area contributed by atoms with Crippen molar-refractivity contribution in [3.63, 3.8) is 0 Å². The number of carbonyl (C=O) groups excluding carboxylic acids is 2. The molecule has 3 N–H and O–H groups in total. The standard InChI is InChI=1S/C25H27N5O3/c1-26-25(28-17-19-8-12-21(13-9-19)30-14-2-5-23(30)31)27-16-18-6-10-20(11-7-18)29-24(32)22-4-3-15-33-22/h3-4,6-13,15H,2,5,14,16-17H2,1H3,(H,29,32)(H2,26,27,28). The molecule has 0 spiro atoms. The Morgan fingerprint density at radius 3 is 2.21 bits per heavy atom. The summed E-state index contributed by atoms with van der Waals surface area (Å²) in [5.74, 6) is 0.868. The van der Waals surface area contributed by atoms with E-state index in [0.717, 1.165) is 29.8 Å². The Kier molecular flexibility index (Phi) is 7.04. The summed E-state index contributed by atoms with van der Waals surface area (Å²) in [6, 6.07) is 18.9. The zero-order valence-electron chi connectivity index (χ0n) is 18.5. The molecule has 1 fully saturated rings. The van der Waals surface area contributed by atoms with Crippen molar-refractivity contribution < 1.29 is 14.0 Å². The van der Waals surface area contributed by atoms with Crippen LogP contribution in [0.1, 0.15) is 34.5 Å². The smallest absolute Gasteiger partial charge is 0.291 e. The number of nitrogens with one attached hydrogen (secondary N) is 3. The summed E-state index contributed by atoms with van der Waals surface area (Å²) >= 11 is 0. The second-order valence-corrected chi connectivity index (χ2v) is 7.72. The van der Waals surface area contributed by atoms with E-state index in [1.165, 1.54) is 6.26 Å². The second-order valence-electron chi connectivity index (χ2n) is 7.72. The number of anilines is 2. The lowest BCUT2D eigenvalue weighted by atomic mass is 10.2. The molecule has 2 heterocycles. The van der Waals surface area contributed by atoms with Crippen LogP contribution in [0.4, 0.5) is 11.4 Å². The van der Waals surface area contributed by atoms with Gasteiger partial charge in [0.05, 0.1) is 6.26 Å². The van der Waals surface area contributed by atoms with Crippen LogP contribution in [0.5, 0.6) is 0 Å². The van der Waals surface area contributed by atoms with E-state index in [-0.39, 0.29) is 17.6 Å². The highest BCUT2D eigenvalue weighted by Crippen LogP contribution is 2.21. The van der Waals surface area contributed by atoms with Gasteiger partial charge in [0.15, 0.2) is 11.7 Å². The minimum Gasteiger partial charge on any atom is -0.459 e. The molecule has 1 aliphatic rings. The van der Waals surface area contributed by atoms with Crippen LogP contribution >= 0.6 is 0 Å². The summed E-state index contributed by atoms with van der Waals surface area (Å²) in [4.78, 5) is 30.0. The number of aliphatic imine (C=N–C) groups is 1. The lowest BCUT2D eigenvalue weighted by molar-refractivity contribution is -0.117. The Labute approximate surface area is 192 Å². The maximum absolute atomic E-state index is 12.0. The van der Waals surface area contributed by atoms with Crippen molar-refractivity contribution in [2.45, 2.75) is 25.9 Å². The first kappa shape index (κ1) is 22.1. The molecule has 1 saturated heterocycles. The number of nitrogens with zero attached hydrogens (tertiary/aromatic N) is 2. The summed E-state index contributed by atoms with van der Waals surface area (Å²) in [5, 5.41) is 9.38. The van der Waals surface area contributed by atoms with Gasteiger partial charge in [0, 0.05) is 44.5 Å². The molecule has 8 heteroatoms. The Hall–Kier alpha value is -4.07. The molecule has 8 nitrogen and oxygen atoms in total. The van der Waals surface area contributed by atoms with Crippen molar-refractivity contribution in [2.75, 3.05) is 23.8 Å². The fourth-order valence-corrected chi connectivity index (χ4v) is 3.61. The van der Waals surface area contributed by atoms with E-state index in [1.54, 1.807) is 19.2 Å². The average molecular weight is 446 g/mol. The third-order valence-electron chi connectivity index (χ3n) is 5.42. The molecule has 1 aliphatic heterocycles. The van der Waals surface area contributed by atoms with Crippen LogP contribution in [-0.2, 0) is 17.9 Å². The summed E-state index contributed by atoms with van der Waals surface area (Å²) < 4.78 is 5.10. The third-order valence-corrected chi connectivity index (χ3v) is 5.42. The van der Waals surface area contributed by atoms with E-state index in [9.17, 15) is 9.59 Å². The zero-order valence-corrected chi connectivity index (χ0v) is 18.5. The third kappa shape index (κ3) is 5.79. The molecular formula is C25H27N5O3. The summed E-state index contributed by atoms with van der Waals surface area (Å²) in [7, 11) is 1.73. The van der Waals surface area contributed by atoms with Crippen LogP contribution in [0.3, 0.4) is 0 Å². The lowest BCUT2D eigenvalue weighted by Crippen LogP contribution is -2.36. The van der Waals surface area contributed by atoms with Gasteiger partial charge in [-0.3, -0.25) is 14.6 Å². The molecule has 0 aliphatic carbocycles. The molecule has 1 aromatic heterocycles. The maximum atomic E-state index is 12.0. The predicted molar refractivity (Wildman–Crippen MR) is 128 cm³/mol. The molecule has 2 amide bonds. The van der Waals surface area contributed by atoms with Crippen molar-refractivity contribution in [2.24, 2.45) is 4.99 Å². The first-order chi connectivity index (χ1) is 16.1. The van der Waals surface area contributed by atoms with E-state index < -0.39 is 0 Å². The van der Waals surface area contributed by atoms with Gasteiger partial charge in [0.2, 0.25) is 5.91 Å². The van der Waals surface area contributed by atoms with Crippen LogP contribution in [0, 0.1) is 0 Å². The van der Waals surface area contributed by atoms with E-state index in [1.807, 2.05) is 53.4 Å². The number of hydrogen-bond donors (Lipinski definition) is 3. The van der Waals surface area contributed by atoms with E-state index in [0.29, 0.717) is 31.2 Å². The number of amides is 2. The highest BCUT2D eigenvalue weighted by molar-refractivity contribution is 6.02. The molecule has 170 valence electrons. The van der Waals surface area contributed by atoms with E-state index >= 15 is 0 Å². The quantitative estimate of drug-likeness (QED) is 0.382. The van der Waals surface area contributed by atoms with Gasteiger partial charge in [-0.2, -0.15) is 0 Å². The van der Waals surface area contributed by atoms with Crippen molar-refractivity contribution >= 4 is 29.1 Å². The van der Waals surface area contributed by atoms with Gasteiger partial charge in [-0.1, -0.05) is 24.3 Å². The molecular weight excluding hydrogens is 418 g/mol. The van der Waals surface area contributed by atoms with Gasteiger partial charge in [-0.25, -0.2) is 0 Å². The van der Waals surface area contributed by atoms with Crippen molar-refractivity contribution in [3.05, 3.63) is 83.8 Å². The van der Waals surface area contributed by atoms with E-state index in [4.69, 9.17) is 4.42 Å². The Morgan fingerprint density at radius 1 is 1.00 bits per heavy atom. The maximum Gasteiger partial charge on any atom is 0.291 e. The van der Waals surface area contributed by atoms with Crippen LogP contribution < -0.4 is 20.9 Å². The van der Waals surface area contributed by atoms with Crippen molar-refractivity contribution in [3.8, 4) is 0 Å². The number of rotatable bonds is 7. The number of hydrogen-bond acceptors (Lipinski definition) is 4. The summed E-state index contributed by atoms with van der Waals surface area (Å²) in [6.45, 7) is 2.00. The van der Waals surface area contributed by atoms with Crippen LogP contribution in [0.2, 0.25) is 0 Å². The summed E-state index contributed by atoms with van der Waals surface area (Å²) in [6.07, 6.45) is 3.02. The topological polar surface area (TPSA) is 99.0 Å². The molecule has 0 atom stereocenters. The molecule has 0 saturated carbocycles. The van der Waals surface area contributed by atoms with Gasteiger partial charge < -0.3 is 25.3 Å². The lowest BCUT2D eigenvalue weighted by Gasteiger charge is -2.16. The monoisotopic (exact) mass is 445 g/mol. The fourth-order valence-electron chi connectivity index (χ4n) is 3.61. The molecule has 0 radical (unpaired) electrons.